The number of carbonyl (C=O) groups is 1. The number of anilines is 1. The van der Waals surface area contributed by atoms with Crippen LogP contribution in [0.3, 0.4) is 0 Å². The van der Waals surface area contributed by atoms with Crippen LogP contribution in [0.2, 0.25) is 10.0 Å². The number of carbonyl (C=O) groups excluding carboxylic acids is 1. The molecule has 0 aliphatic heterocycles. The van der Waals surface area contributed by atoms with Crippen molar-refractivity contribution in [2.24, 2.45) is 7.05 Å². The van der Waals surface area contributed by atoms with Crippen LogP contribution in [0.15, 0.2) is 47.6 Å². The first-order valence-electron chi connectivity index (χ1n) is 8.49. The Morgan fingerprint density at radius 1 is 1.14 bits per heavy atom. The Kier molecular flexibility index (Phi) is 6.83. The van der Waals surface area contributed by atoms with E-state index in [-0.39, 0.29) is 11.7 Å². The van der Waals surface area contributed by atoms with Crippen molar-refractivity contribution < 1.29 is 9.53 Å². The van der Waals surface area contributed by atoms with E-state index in [0.717, 1.165) is 11.3 Å². The molecule has 0 saturated carbocycles. The van der Waals surface area contributed by atoms with Crippen molar-refractivity contribution in [2.75, 3.05) is 17.7 Å². The van der Waals surface area contributed by atoms with Gasteiger partial charge in [-0.05, 0) is 31.2 Å². The maximum Gasteiger partial charge on any atom is 0.234 e. The number of halogens is 2. The van der Waals surface area contributed by atoms with E-state index < -0.39 is 0 Å². The minimum atomic E-state index is -0.237. The van der Waals surface area contributed by atoms with Crippen LogP contribution in [0.1, 0.15) is 6.92 Å². The highest BCUT2D eigenvalue weighted by Gasteiger charge is 2.17. The third-order valence-corrected chi connectivity index (χ3v) is 5.47. The normalized spacial score (nSPS) is 10.7. The molecule has 6 nitrogen and oxygen atoms in total. The average Bonchev–Trinajstić information content (AvgIpc) is 3.04. The second-order valence-corrected chi connectivity index (χ2v) is 7.48. The molecule has 0 saturated heterocycles. The van der Waals surface area contributed by atoms with Crippen LogP contribution >= 0.6 is 35.0 Å². The first kappa shape index (κ1) is 20.5. The molecule has 0 unspecified atom stereocenters. The second-order valence-electron chi connectivity index (χ2n) is 5.73. The Morgan fingerprint density at radius 2 is 1.86 bits per heavy atom. The first-order valence-corrected chi connectivity index (χ1v) is 10.2. The van der Waals surface area contributed by atoms with Gasteiger partial charge in [0.1, 0.15) is 5.75 Å². The van der Waals surface area contributed by atoms with E-state index in [1.807, 2.05) is 42.8 Å². The minimum Gasteiger partial charge on any atom is -0.493 e. The zero-order valence-electron chi connectivity index (χ0n) is 15.3. The fourth-order valence-electron chi connectivity index (χ4n) is 2.53. The van der Waals surface area contributed by atoms with E-state index >= 15 is 0 Å². The summed E-state index contributed by atoms with van der Waals surface area (Å²) in [6.45, 7) is 2.49. The van der Waals surface area contributed by atoms with Crippen molar-refractivity contribution >= 4 is 46.6 Å². The van der Waals surface area contributed by atoms with Gasteiger partial charge < -0.3 is 14.6 Å². The van der Waals surface area contributed by atoms with Crippen LogP contribution in [-0.4, -0.2) is 33.0 Å². The number of thioether (sulfide) groups is 1. The molecule has 28 heavy (non-hydrogen) atoms. The molecule has 0 atom stereocenters. The van der Waals surface area contributed by atoms with Crippen molar-refractivity contribution in [3.05, 3.63) is 52.5 Å². The molecule has 0 aliphatic carbocycles. The van der Waals surface area contributed by atoms with Gasteiger partial charge in [-0.15, -0.1) is 10.2 Å². The maximum absolute atomic E-state index is 12.3. The summed E-state index contributed by atoms with van der Waals surface area (Å²) in [6, 6.07) is 12.7. The van der Waals surface area contributed by atoms with E-state index in [1.165, 1.54) is 11.8 Å². The number of hydrogen-bond acceptors (Lipinski definition) is 5. The molecule has 1 aromatic heterocycles. The van der Waals surface area contributed by atoms with Crippen LogP contribution in [-0.2, 0) is 11.8 Å². The third-order valence-electron chi connectivity index (χ3n) is 3.82. The molecule has 3 rings (SSSR count). The van der Waals surface area contributed by atoms with Gasteiger partial charge in [-0.1, -0.05) is 53.2 Å². The lowest BCUT2D eigenvalue weighted by molar-refractivity contribution is -0.113. The number of ether oxygens (including phenoxy) is 1. The number of nitrogens with one attached hydrogen (secondary N) is 1. The zero-order chi connectivity index (χ0) is 20.1. The molecule has 2 aromatic carbocycles. The van der Waals surface area contributed by atoms with Gasteiger partial charge in [0.05, 0.1) is 33.7 Å². The molecule has 9 heteroatoms. The summed E-state index contributed by atoms with van der Waals surface area (Å²) >= 11 is 13.4. The van der Waals surface area contributed by atoms with Crippen molar-refractivity contribution in [2.45, 2.75) is 12.1 Å². The first-order chi connectivity index (χ1) is 13.5. The number of para-hydroxylation sites is 2. The van der Waals surface area contributed by atoms with Gasteiger partial charge >= 0.3 is 0 Å². The van der Waals surface area contributed by atoms with E-state index in [2.05, 4.69) is 15.5 Å². The number of hydrogen-bond donors (Lipinski definition) is 1. The molecule has 146 valence electrons. The molecule has 1 heterocycles. The standard InChI is InChI=1S/C19H18Cl2N4O2S/c1-3-27-15-10-5-4-7-12(15)18-23-24-19(25(18)2)28-11-16(26)22-17-13(20)8-6-9-14(17)21/h4-10H,3,11H2,1-2H3,(H,22,26). The summed E-state index contributed by atoms with van der Waals surface area (Å²) < 4.78 is 7.50. The van der Waals surface area contributed by atoms with Crippen molar-refractivity contribution in [1.29, 1.82) is 0 Å². The Hall–Kier alpha value is -2.22. The zero-order valence-corrected chi connectivity index (χ0v) is 17.6. The molecule has 3 aromatic rings. The lowest BCUT2D eigenvalue weighted by atomic mass is 10.2. The number of nitrogens with zero attached hydrogens (tertiary/aromatic N) is 3. The van der Waals surface area contributed by atoms with Gasteiger partial charge in [-0.2, -0.15) is 0 Å². The molecule has 1 amide bonds. The molecule has 0 fully saturated rings. The van der Waals surface area contributed by atoms with Crippen LogP contribution in [0.25, 0.3) is 11.4 Å². The third kappa shape index (κ3) is 4.60. The summed E-state index contributed by atoms with van der Waals surface area (Å²) in [5.41, 5.74) is 1.25. The van der Waals surface area contributed by atoms with Gasteiger partial charge in [0.15, 0.2) is 11.0 Å². The molecule has 0 spiro atoms. The number of rotatable bonds is 7. The summed E-state index contributed by atoms with van der Waals surface area (Å²) in [5.74, 6) is 1.31. The highest BCUT2D eigenvalue weighted by molar-refractivity contribution is 7.99. The van der Waals surface area contributed by atoms with E-state index in [0.29, 0.717) is 33.3 Å². The summed E-state index contributed by atoms with van der Waals surface area (Å²) in [5, 5.41) is 12.6. The van der Waals surface area contributed by atoms with Crippen molar-refractivity contribution in [3.8, 4) is 17.1 Å². The molecular formula is C19H18Cl2N4O2S. The lowest BCUT2D eigenvalue weighted by Crippen LogP contribution is -2.15. The van der Waals surface area contributed by atoms with Crippen LogP contribution < -0.4 is 10.1 Å². The van der Waals surface area contributed by atoms with Gasteiger partial charge in [-0.25, -0.2) is 0 Å². The van der Waals surface area contributed by atoms with Gasteiger partial charge in [-0.3, -0.25) is 4.79 Å². The fraction of sp³-hybridized carbons (Fsp3) is 0.211. The van der Waals surface area contributed by atoms with E-state index in [9.17, 15) is 4.79 Å². The number of benzene rings is 2. The van der Waals surface area contributed by atoms with E-state index in [4.69, 9.17) is 27.9 Å². The summed E-state index contributed by atoms with van der Waals surface area (Å²) in [7, 11) is 1.85. The summed E-state index contributed by atoms with van der Waals surface area (Å²) in [4.78, 5) is 12.3. The predicted octanol–water partition coefficient (Wildman–Crippen LogP) is 4.92. The smallest absolute Gasteiger partial charge is 0.234 e. The fourth-order valence-corrected chi connectivity index (χ4v) is 3.73. The average molecular weight is 437 g/mol. The lowest BCUT2D eigenvalue weighted by Gasteiger charge is -2.10. The van der Waals surface area contributed by atoms with Crippen molar-refractivity contribution in [3.63, 3.8) is 0 Å². The molecular weight excluding hydrogens is 419 g/mol. The summed E-state index contributed by atoms with van der Waals surface area (Å²) in [6.07, 6.45) is 0. The largest absolute Gasteiger partial charge is 0.493 e. The monoisotopic (exact) mass is 436 g/mol. The molecule has 0 aliphatic rings. The number of amides is 1. The maximum atomic E-state index is 12.3. The quantitative estimate of drug-likeness (QED) is 0.532. The SMILES string of the molecule is CCOc1ccccc1-c1nnc(SCC(=O)Nc2c(Cl)cccc2Cl)n1C. The molecule has 1 N–H and O–H groups in total. The minimum absolute atomic E-state index is 0.140. The van der Waals surface area contributed by atoms with Crippen LogP contribution in [0.4, 0.5) is 5.69 Å². The van der Waals surface area contributed by atoms with Gasteiger partial charge in [0.25, 0.3) is 0 Å². The van der Waals surface area contributed by atoms with Crippen LogP contribution in [0.5, 0.6) is 5.75 Å². The van der Waals surface area contributed by atoms with Gasteiger partial charge in [0, 0.05) is 7.05 Å². The van der Waals surface area contributed by atoms with Crippen molar-refractivity contribution in [1.82, 2.24) is 14.8 Å². The highest BCUT2D eigenvalue weighted by atomic mass is 35.5. The molecule has 0 bridgehead atoms. The van der Waals surface area contributed by atoms with Gasteiger partial charge in [0.2, 0.25) is 5.91 Å². The predicted molar refractivity (Wildman–Crippen MR) is 113 cm³/mol. The topological polar surface area (TPSA) is 69.0 Å². The Bertz CT molecular complexity index is 974. The second kappa shape index (κ2) is 9.32. The van der Waals surface area contributed by atoms with E-state index in [1.54, 1.807) is 18.2 Å². The highest BCUT2D eigenvalue weighted by Crippen LogP contribution is 2.31. The van der Waals surface area contributed by atoms with Crippen LogP contribution in [0, 0.1) is 0 Å². The molecule has 0 radical (unpaired) electrons. The Morgan fingerprint density at radius 3 is 2.57 bits per heavy atom. The Labute approximate surface area is 177 Å². The Balaban J connectivity index is 1.71. The number of aromatic nitrogens is 3.